The average molecular weight is 289 g/mol. The maximum Gasteiger partial charge on any atom is 0.321 e. The van der Waals surface area contributed by atoms with Crippen LogP contribution < -0.4 is 5.32 Å². The van der Waals surface area contributed by atoms with Crippen LogP contribution in [0.2, 0.25) is 0 Å². The van der Waals surface area contributed by atoms with Crippen LogP contribution in [0.15, 0.2) is 24.3 Å². The van der Waals surface area contributed by atoms with Crippen LogP contribution in [0, 0.1) is 0 Å². The van der Waals surface area contributed by atoms with Crippen LogP contribution in [0.1, 0.15) is 30.1 Å². The second kappa shape index (κ2) is 7.22. The molecule has 1 saturated heterocycles. The van der Waals surface area contributed by atoms with E-state index in [1.807, 2.05) is 0 Å². The summed E-state index contributed by atoms with van der Waals surface area (Å²) in [6.07, 6.45) is 2.52. The molecule has 5 heteroatoms. The minimum atomic E-state index is -0.144. The van der Waals surface area contributed by atoms with Crippen molar-refractivity contribution in [2.45, 2.75) is 19.8 Å². The zero-order chi connectivity index (χ0) is 15.2. The highest BCUT2D eigenvalue weighted by molar-refractivity contribution is 5.96. The number of likely N-dealkylation sites (N-methyl/N-ethyl adjacent to an activating group) is 1. The molecule has 5 nitrogen and oxygen atoms in total. The number of hydrogen-bond acceptors (Lipinski definition) is 3. The van der Waals surface area contributed by atoms with Crippen molar-refractivity contribution in [2.75, 3.05) is 38.5 Å². The van der Waals surface area contributed by atoms with Gasteiger partial charge in [-0.05, 0) is 45.0 Å². The van der Waals surface area contributed by atoms with Crippen molar-refractivity contribution >= 4 is 17.5 Å². The summed E-state index contributed by atoms with van der Waals surface area (Å²) in [5, 5.41) is 2.83. The number of ketones is 1. The third kappa shape index (κ3) is 4.56. The van der Waals surface area contributed by atoms with Crippen molar-refractivity contribution in [1.29, 1.82) is 0 Å². The Balaban J connectivity index is 1.84. The van der Waals surface area contributed by atoms with Gasteiger partial charge in [-0.25, -0.2) is 4.79 Å². The fourth-order valence-corrected chi connectivity index (χ4v) is 2.43. The number of Topliss-reactive ketones (excluding diaryl/α,β-unsaturated/α-hetero) is 1. The van der Waals surface area contributed by atoms with Gasteiger partial charge in [0.15, 0.2) is 5.78 Å². The van der Waals surface area contributed by atoms with E-state index in [0.29, 0.717) is 17.8 Å². The Morgan fingerprint density at radius 1 is 1.29 bits per heavy atom. The second-order valence-corrected chi connectivity index (χ2v) is 5.54. The lowest BCUT2D eigenvalue weighted by Crippen LogP contribution is -2.37. The summed E-state index contributed by atoms with van der Waals surface area (Å²) in [5.74, 6) is -0.00603. The van der Waals surface area contributed by atoms with E-state index in [9.17, 15) is 9.59 Å². The summed E-state index contributed by atoms with van der Waals surface area (Å²) in [6, 6.07) is 6.87. The standard InChI is InChI=1S/C16H23N3O2/c1-13(20)14-6-5-7-15(12-14)17-16(21)18(2)10-11-19-8-3-4-9-19/h5-7,12H,3-4,8-11H2,1-2H3,(H,17,21). The number of benzene rings is 1. The predicted molar refractivity (Wildman–Crippen MR) is 83.8 cm³/mol. The van der Waals surface area contributed by atoms with Crippen LogP contribution in [0.4, 0.5) is 10.5 Å². The Hall–Kier alpha value is -1.88. The van der Waals surface area contributed by atoms with E-state index in [2.05, 4.69) is 10.2 Å². The first-order valence-electron chi connectivity index (χ1n) is 7.42. The molecule has 2 amide bonds. The van der Waals surface area contributed by atoms with E-state index in [-0.39, 0.29) is 11.8 Å². The summed E-state index contributed by atoms with van der Waals surface area (Å²) >= 11 is 0. The Morgan fingerprint density at radius 2 is 2.00 bits per heavy atom. The van der Waals surface area contributed by atoms with E-state index in [1.165, 1.54) is 19.8 Å². The lowest BCUT2D eigenvalue weighted by Gasteiger charge is -2.22. The Morgan fingerprint density at radius 3 is 2.67 bits per heavy atom. The molecule has 0 aromatic heterocycles. The van der Waals surface area contributed by atoms with Crippen molar-refractivity contribution in [3.63, 3.8) is 0 Å². The minimum absolute atomic E-state index is 0.00603. The number of urea groups is 1. The van der Waals surface area contributed by atoms with Gasteiger partial charge in [-0.2, -0.15) is 0 Å². The SMILES string of the molecule is CC(=O)c1cccc(NC(=O)N(C)CCN2CCCC2)c1. The zero-order valence-electron chi connectivity index (χ0n) is 12.8. The molecule has 1 aromatic rings. The molecule has 1 aliphatic rings. The van der Waals surface area contributed by atoms with E-state index in [0.717, 1.165) is 19.6 Å². The van der Waals surface area contributed by atoms with Crippen molar-refractivity contribution < 1.29 is 9.59 Å². The number of likely N-dealkylation sites (tertiary alicyclic amines) is 1. The molecule has 0 atom stereocenters. The molecule has 21 heavy (non-hydrogen) atoms. The second-order valence-electron chi connectivity index (χ2n) is 5.54. The Labute approximate surface area is 125 Å². The largest absolute Gasteiger partial charge is 0.326 e. The molecule has 1 fully saturated rings. The van der Waals surface area contributed by atoms with E-state index < -0.39 is 0 Å². The topological polar surface area (TPSA) is 52.7 Å². The summed E-state index contributed by atoms with van der Waals surface area (Å²) in [4.78, 5) is 27.5. The molecule has 1 heterocycles. The number of carbonyl (C=O) groups excluding carboxylic acids is 2. The highest BCUT2D eigenvalue weighted by atomic mass is 16.2. The maximum atomic E-state index is 12.1. The summed E-state index contributed by atoms with van der Waals surface area (Å²) in [5.41, 5.74) is 1.26. The maximum absolute atomic E-state index is 12.1. The highest BCUT2D eigenvalue weighted by Crippen LogP contribution is 2.12. The van der Waals surface area contributed by atoms with Gasteiger partial charge in [0.05, 0.1) is 0 Å². The summed E-state index contributed by atoms with van der Waals surface area (Å²) in [6.45, 7) is 5.41. The van der Waals surface area contributed by atoms with Gasteiger partial charge in [0.25, 0.3) is 0 Å². The molecule has 0 spiro atoms. The van der Waals surface area contributed by atoms with Gasteiger partial charge in [-0.1, -0.05) is 12.1 Å². The van der Waals surface area contributed by atoms with E-state index >= 15 is 0 Å². The van der Waals surface area contributed by atoms with Crippen LogP contribution >= 0.6 is 0 Å². The molecule has 0 unspecified atom stereocenters. The molecule has 114 valence electrons. The number of hydrogen-bond donors (Lipinski definition) is 1. The van der Waals surface area contributed by atoms with Gasteiger partial charge < -0.3 is 15.1 Å². The van der Waals surface area contributed by atoms with Crippen LogP contribution in [0.3, 0.4) is 0 Å². The van der Waals surface area contributed by atoms with E-state index in [4.69, 9.17) is 0 Å². The molecule has 0 bridgehead atoms. The Kier molecular flexibility index (Phi) is 5.33. The minimum Gasteiger partial charge on any atom is -0.326 e. The van der Waals surface area contributed by atoms with Gasteiger partial charge in [0.2, 0.25) is 0 Å². The fraction of sp³-hybridized carbons (Fsp3) is 0.500. The molecule has 1 aromatic carbocycles. The highest BCUT2D eigenvalue weighted by Gasteiger charge is 2.14. The van der Waals surface area contributed by atoms with Crippen molar-refractivity contribution in [3.05, 3.63) is 29.8 Å². The third-order valence-electron chi connectivity index (χ3n) is 3.82. The number of anilines is 1. The number of rotatable bonds is 5. The van der Waals surface area contributed by atoms with Gasteiger partial charge in [-0.3, -0.25) is 4.79 Å². The van der Waals surface area contributed by atoms with Crippen LogP contribution in [0.25, 0.3) is 0 Å². The Bertz CT molecular complexity index is 510. The first kappa shape index (κ1) is 15.5. The van der Waals surface area contributed by atoms with Crippen molar-refractivity contribution in [1.82, 2.24) is 9.80 Å². The third-order valence-corrected chi connectivity index (χ3v) is 3.82. The number of nitrogens with zero attached hydrogens (tertiary/aromatic N) is 2. The lowest BCUT2D eigenvalue weighted by atomic mass is 10.1. The van der Waals surface area contributed by atoms with Gasteiger partial charge in [0.1, 0.15) is 0 Å². The smallest absolute Gasteiger partial charge is 0.321 e. The summed E-state index contributed by atoms with van der Waals surface area (Å²) < 4.78 is 0. The van der Waals surface area contributed by atoms with Crippen LogP contribution in [0.5, 0.6) is 0 Å². The molecule has 0 saturated carbocycles. The first-order valence-corrected chi connectivity index (χ1v) is 7.42. The monoisotopic (exact) mass is 289 g/mol. The molecule has 0 radical (unpaired) electrons. The molecule has 2 rings (SSSR count). The normalized spacial score (nSPS) is 15.0. The molecular formula is C16H23N3O2. The lowest BCUT2D eigenvalue weighted by molar-refractivity contribution is 0.101. The summed E-state index contributed by atoms with van der Waals surface area (Å²) in [7, 11) is 1.79. The average Bonchev–Trinajstić information content (AvgIpc) is 2.98. The molecule has 0 aliphatic carbocycles. The fourth-order valence-electron chi connectivity index (χ4n) is 2.43. The molecular weight excluding hydrogens is 266 g/mol. The zero-order valence-corrected chi connectivity index (χ0v) is 12.8. The quantitative estimate of drug-likeness (QED) is 0.847. The van der Waals surface area contributed by atoms with Gasteiger partial charge in [-0.15, -0.1) is 0 Å². The number of amides is 2. The van der Waals surface area contributed by atoms with Crippen molar-refractivity contribution in [3.8, 4) is 0 Å². The van der Waals surface area contributed by atoms with Crippen LogP contribution in [-0.2, 0) is 0 Å². The first-order chi connectivity index (χ1) is 10.1. The predicted octanol–water partition coefficient (Wildman–Crippen LogP) is 2.45. The van der Waals surface area contributed by atoms with Gasteiger partial charge in [0, 0.05) is 31.4 Å². The van der Waals surface area contributed by atoms with Gasteiger partial charge >= 0.3 is 6.03 Å². The number of carbonyl (C=O) groups is 2. The number of nitrogens with one attached hydrogen (secondary N) is 1. The molecule has 1 aliphatic heterocycles. The van der Waals surface area contributed by atoms with E-state index in [1.54, 1.807) is 36.2 Å². The van der Waals surface area contributed by atoms with Crippen molar-refractivity contribution in [2.24, 2.45) is 0 Å². The van der Waals surface area contributed by atoms with Crippen LogP contribution in [-0.4, -0.2) is 54.8 Å². The molecule has 1 N–H and O–H groups in total.